The lowest BCUT2D eigenvalue weighted by Gasteiger charge is -2.29. The predicted molar refractivity (Wildman–Crippen MR) is 110 cm³/mol. The lowest BCUT2D eigenvalue weighted by molar-refractivity contribution is -0.133. The number of aryl methyl sites for hydroxylation is 1. The average molecular weight is 399 g/mol. The molecule has 0 N–H and O–H groups in total. The highest BCUT2D eigenvalue weighted by molar-refractivity contribution is 5.26. The fraction of sp³-hybridized carbons (Fsp3) is 0.750. The number of halogens is 3. The molecule has 1 aromatic rings. The zero-order valence-electron chi connectivity index (χ0n) is 17.4. The molecule has 0 aromatic heterocycles. The van der Waals surface area contributed by atoms with Crippen molar-refractivity contribution < 1.29 is 17.9 Å². The van der Waals surface area contributed by atoms with Crippen molar-refractivity contribution >= 4 is 0 Å². The van der Waals surface area contributed by atoms with Crippen LogP contribution in [0.3, 0.4) is 0 Å². The number of rotatable bonds is 12. The zero-order chi connectivity index (χ0) is 20.2. The normalized spacial score (nSPS) is 20.4. The van der Waals surface area contributed by atoms with Gasteiger partial charge in [-0.2, -0.15) is 13.2 Å². The van der Waals surface area contributed by atoms with Gasteiger partial charge in [-0.3, -0.25) is 0 Å². The Morgan fingerprint density at radius 3 is 2.07 bits per heavy atom. The molecule has 0 atom stereocenters. The van der Waals surface area contributed by atoms with Gasteiger partial charge in [0.25, 0.3) is 0 Å². The summed E-state index contributed by atoms with van der Waals surface area (Å²) in [7, 11) is 0. The number of benzene rings is 1. The van der Waals surface area contributed by atoms with Gasteiger partial charge in [0.05, 0.1) is 6.10 Å². The minimum Gasteiger partial charge on any atom is -0.378 e. The van der Waals surface area contributed by atoms with Crippen molar-refractivity contribution in [1.82, 2.24) is 0 Å². The minimum atomic E-state index is -4.08. The SMILES string of the molecule is CCCCCCCCCO[C@H]1CC[C@H](c2ccc(CCC(F)(F)F)cc2)CC1. The Balaban J connectivity index is 1.59. The Morgan fingerprint density at radius 2 is 1.46 bits per heavy atom. The van der Waals surface area contributed by atoms with E-state index in [0.29, 0.717) is 12.0 Å². The maximum absolute atomic E-state index is 12.3. The third-order valence-corrected chi connectivity index (χ3v) is 5.92. The molecule has 0 aliphatic heterocycles. The van der Waals surface area contributed by atoms with Crippen molar-refractivity contribution in [3.8, 4) is 0 Å². The van der Waals surface area contributed by atoms with Gasteiger partial charge in [-0.25, -0.2) is 0 Å². The van der Waals surface area contributed by atoms with Crippen molar-refractivity contribution in [1.29, 1.82) is 0 Å². The van der Waals surface area contributed by atoms with E-state index >= 15 is 0 Å². The van der Waals surface area contributed by atoms with E-state index in [4.69, 9.17) is 4.74 Å². The van der Waals surface area contributed by atoms with E-state index < -0.39 is 12.6 Å². The number of unbranched alkanes of at least 4 members (excludes halogenated alkanes) is 6. The zero-order valence-corrected chi connectivity index (χ0v) is 17.4. The Bertz CT molecular complexity index is 516. The summed E-state index contributed by atoms with van der Waals surface area (Å²) in [5.41, 5.74) is 2.04. The van der Waals surface area contributed by atoms with Crippen molar-refractivity contribution in [2.24, 2.45) is 0 Å². The molecule has 1 aliphatic carbocycles. The predicted octanol–water partition coefficient (Wildman–Crippen LogP) is 7.97. The average Bonchev–Trinajstić information content (AvgIpc) is 2.69. The van der Waals surface area contributed by atoms with Crippen LogP contribution in [0.2, 0.25) is 0 Å². The molecule has 160 valence electrons. The second-order valence-corrected chi connectivity index (χ2v) is 8.32. The van der Waals surface area contributed by atoms with Crippen LogP contribution in [0.5, 0.6) is 0 Å². The van der Waals surface area contributed by atoms with E-state index in [0.717, 1.165) is 37.9 Å². The monoisotopic (exact) mass is 398 g/mol. The van der Waals surface area contributed by atoms with Gasteiger partial charge in [0.1, 0.15) is 0 Å². The van der Waals surface area contributed by atoms with E-state index in [-0.39, 0.29) is 6.42 Å². The molecule has 1 aromatic carbocycles. The van der Waals surface area contributed by atoms with Gasteiger partial charge in [0.15, 0.2) is 0 Å². The Labute approximate surface area is 169 Å². The fourth-order valence-electron chi connectivity index (χ4n) is 4.11. The van der Waals surface area contributed by atoms with E-state index in [1.807, 2.05) is 24.3 Å². The Morgan fingerprint density at radius 1 is 0.857 bits per heavy atom. The second-order valence-electron chi connectivity index (χ2n) is 8.32. The molecule has 0 bridgehead atoms. The second kappa shape index (κ2) is 12.5. The highest BCUT2D eigenvalue weighted by Crippen LogP contribution is 2.34. The van der Waals surface area contributed by atoms with Crippen molar-refractivity contribution in [2.75, 3.05) is 6.61 Å². The van der Waals surface area contributed by atoms with Crippen LogP contribution >= 0.6 is 0 Å². The van der Waals surface area contributed by atoms with Crippen LogP contribution in [-0.2, 0) is 11.2 Å². The minimum absolute atomic E-state index is 0.0724. The summed E-state index contributed by atoms with van der Waals surface area (Å²) < 4.78 is 43.1. The largest absolute Gasteiger partial charge is 0.389 e. The number of ether oxygens (including phenoxy) is 1. The van der Waals surface area contributed by atoms with Crippen molar-refractivity contribution in [3.05, 3.63) is 35.4 Å². The maximum atomic E-state index is 12.3. The lowest BCUT2D eigenvalue weighted by Crippen LogP contribution is -2.21. The van der Waals surface area contributed by atoms with Crippen LogP contribution in [-0.4, -0.2) is 18.9 Å². The van der Waals surface area contributed by atoms with Crippen molar-refractivity contribution in [3.63, 3.8) is 0 Å². The lowest BCUT2D eigenvalue weighted by atomic mass is 9.82. The molecule has 0 unspecified atom stereocenters. The molecule has 28 heavy (non-hydrogen) atoms. The van der Waals surface area contributed by atoms with Crippen LogP contribution in [0.1, 0.15) is 101 Å². The molecular weight excluding hydrogens is 361 g/mol. The molecule has 2 rings (SSSR count). The van der Waals surface area contributed by atoms with Crippen LogP contribution in [0.25, 0.3) is 0 Å². The molecule has 1 nitrogen and oxygen atoms in total. The number of hydrogen-bond acceptors (Lipinski definition) is 1. The summed E-state index contributed by atoms with van der Waals surface area (Å²) in [5.74, 6) is 0.523. The Hall–Kier alpha value is -1.03. The molecule has 0 heterocycles. The van der Waals surface area contributed by atoms with Gasteiger partial charge in [-0.1, -0.05) is 69.7 Å². The molecule has 0 amide bonds. The van der Waals surface area contributed by atoms with E-state index in [1.165, 1.54) is 50.5 Å². The van der Waals surface area contributed by atoms with Gasteiger partial charge in [-0.15, -0.1) is 0 Å². The first-order chi connectivity index (χ1) is 13.5. The first-order valence-electron chi connectivity index (χ1n) is 11.2. The van der Waals surface area contributed by atoms with Crippen molar-refractivity contribution in [2.45, 2.75) is 109 Å². The van der Waals surface area contributed by atoms with E-state index in [9.17, 15) is 13.2 Å². The van der Waals surface area contributed by atoms with Crippen LogP contribution in [0, 0.1) is 0 Å². The molecule has 0 spiro atoms. The van der Waals surface area contributed by atoms with Gasteiger partial charge in [-0.05, 0) is 55.6 Å². The molecule has 4 heteroatoms. The van der Waals surface area contributed by atoms with Gasteiger partial charge in [0.2, 0.25) is 0 Å². The smallest absolute Gasteiger partial charge is 0.378 e. The topological polar surface area (TPSA) is 9.23 Å². The number of hydrogen-bond donors (Lipinski definition) is 0. The molecule has 0 radical (unpaired) electrons. The highest BCUT2D eigenvalue weighted by atomic mass is 19.4. The Kier molecular flexibility index (Phi) is 10.4. The molecule has 1 saturated carbocycles. The summed E-state index contributed by atoms with van der Waals surface area (Å²) in [5, 5.41) is 0. The first-order valence-corrected chi connectivity index (χ1v) is 11.2. The molecule has 1 aliphatic rings. The summed E-state index contributed by atoms with van der Waals surface area (Å²) >= 11 is 0. The standard InChI is InChI=1S/C24H37F3O/c1-2-3-4-5-6-7-8-19-28-23-15-13-22(14-16-23)21-11-9-20(10-12-21)17-18-24(25,26)27/h9-12,22-23H,2-8,13-19H2,1H3/t22-,23-. The molecule has 1 fully saturated rings. The van der Waals surface area contributed by atoms with Gasteiger partial charge >= 0.3 is 6.18 Å². The quantitative estimate of drug-likeness (QED) is 0.324. The van der Waals surface area contributed by atoms with E-state index in [1.54, 1.807) is 0 Å². The van der Waals surface area contributed by atoms with Crippen LogP contribution in [0.15, 0.2) is 24.3 Å². The van der Waals surface area contributed by atoms with E-state index in [2.05, 4.69) is 6.92 Å². The summed E-state index contributed by atoms with van der Waals surface area (Å²) in [6.07, 6.45) is 9.22. The highest BCUT2D eigenvalue weighted by Gasteiger charge is 2.26. The maximum Gasteiger partial charge on any atom is 0.389 e. The van der Waals surface area contributed by atoms with Gasteiger partial charge < -0.3 is 4.74 Å². The third kappa shape index (κ3) is 9.45. The van der Waals surface area contributed by atoms with Crippen LogP contribution in [0.4, 0.5) is 13.2 Å². The van der Waals surface area contributed by atoms with Crippen LogP contribution < -0.4 is 0 Å². The first kappa shape index (κ1) is 23.3. The summed E-state index contributed by atoms with van der Waals surface area (Å²) in [4.78, 5) is 0. The summed E-state index contributed by atoms with van der Waals surface area (Å²) in [6.45, 7) is 3.13. The third-order valence-electron chi connectivity index (χ3n) is 5.92. The fourth-order valence-corrected chi connectivity index (χ4v) is 4.11. The summed E-state index contributed by atoms with van der Waals surface area (Å²) in [6, 6.07) is 7.78. The molecule has 0 saturated heterocycles. The molecular formula is C24H37F3O. The van der Waals surface area contributed by atoms with Gasteiger partial charge in [0, 0.05) is 13.0 Å². The number of alkyl halides is 3.